The van der Waals surface area contributed by atoms with Crippen molar-refractivity contribution in [1.82, 2.24) is 0 Å². The molecule has 1 aromatic heterocycles. The summed E-state index contributed by atoms with van der Waals surface area (Å²) in [4.78, 5) is 25.0. The standard InChI is InChI=1S/C20H15ClO3S/c1-13-6-8-14(9-7-13)15-10-11-25-19(15)20(23)24-12-18(22)16-4-2-3-5-17(16)21/h2-11H,12H2,1H3. The molecule has 3 rings (SSSR count). The number of hydrogen-bond acceptors (Lipinski definition) is 4. The number of rotatable bonds is 5. The highest BCUT2D eigenvalue weighted by molar-refractivity contribution is 7.12. The molecule has 0 aliphatic carbocycles. The Labute approximate surface area is 154 Å². The van der Waals surface area contributed by atoms with E-state index in [4.69, 9.17) is 16.3 Å². The van der Waals surface area contributed by atoms with Crippen LogP contribution in [0.25, 0.3) is 11.1 Å². The molecule has 3 aromatic rings. The largest absolute Gasteiger partial charge is 0.453 e. The van der Waals surface area contributed by atoms with Gasteiger partial charge >= 0.3 is 5.97 Å². The Morgan fingerprint density at radius 1 is 1.04 bits per heavy atom. The molecule has 0 spiro atoms. The first kappa shape index (κ1) is 17.4. The Morgan fingerprint density at radius 3 is 2.48 bits per heavy atom. The molecule has 0 atom stereocenters. The summed E-state index contributed by atoms with van der Waals surface area (Å²) in [6.45, 7) is 1.67. The van der Waals surface area contributed by atoms with Gasteiger partial charge in [0, 0.05) is 11.1 Å². The van der Waals surface area contributed by atoms with E-state index in [2.05, 4.69) is 0 Å². The topological polar surface area (TPSA) is 43.4 Å². The Morgan fingerprint density at radius 2 is 1.76 bits per heavy atom. The third kappa shape index (κ3) is 3.98. The monoisotopic (exact) mass is 370 g/mol. The van der Waals surface area contributed by atoms with E-state index in [1.807, 2.05) is 42.6 Å². The van der Waals surface area contributed by atoms with Crippen LogP contribution in [0.4, 0.5) is 0 Å². The molecule has 0 unspecified atom stereocenters. The third-order valence-electron chi connectivity index (χ3n) is 3.72. The summed E-state index contributed by atoms with van der Waals surface area (Å²) in [5, 5.41) is 2.18. The highest BCUT2D eigenvalue weighted by Gasteiger charge is 2.18. The van der Waals surface area contributed by atoms with Crippen LogP contribution < -0.4 is 0 Å². The van der Waals surface area contributed by atoms with Gasteiger partial charge in [-0.25, -0.2) is 4.79 Å². The average Bonchev–Trinajstić information content (AvgIpc) is 3.10. The maximum absolute atomic E-state index is 12.4. The summed E-state index contributed by atoms with van der Waals surface area (Å²) in [7, 11) is 0. The molecule has 0 fully saturated rings. The maximum atomic E-state index is 12.4. The van der Waals surface area contributed by atoms with Crippen molar-refractivity contribution in [3.05, 3.63) is 81.0 Å². The predicted octanol–water partition coefficient (Wildman–Crippen LogP) is 5.42. The number of carbonyl (C=O) groups excluding carboxylic acids is 2. The minimum atomic E-state index is -0.508. The first-order valence-corrected chi connectivity index (χ1v) is 8.91. The van der Waals surface area contributed by atoms with Crippen molar-refractivity contribution >= 4 is 34.7 Å². The van der Waals surface area contributed by atoms with Crippen LogP contribution in [-0.4, -0.2) is 18.4 Å². The maximum Gasteiger partial charge on any atom is 0.349 e. The third-order valence-corrected chi connectivity index (χ3v) is 4.95. The summed E-state index contributed by atoms with van der Waals surface area (Å²) in [5.74, 6) is -0.835. The van der Waals surface area contributed by atoms with Gasteiger partial charge in [0.05, 0.1) is 5.02 Å². The van der Waals surface area contributed by atoms with Crippen LogP contribution in [-0.2, 0) is 4.74 Å². The average molecular weight is 371 g/mol. The van der Waals surface area contributed by atoms with Gasteiger partial charge in [-0.1, -0.05) is 53.6 Å². The molecule has 0 aliphatic heterocycles. The van der Waals surface area contributed by atoms with E-state index < -0.39 is 5.97 Å². The van der Waals surface area contributed by atoms with Gasteiger partial charge in [-0.15, -0.1) is 11.3 Å². The van der Waals surface area contributed by atoms with Gasteiger partial charge in [0.15, 0.2) is 6.61 Å². The second kappa shape index (κ2) is 7.64. The fourth-order valence-electron chi connectivity index (χ4n) is 2.39. The Hall–Kier alpha value is -2.43. The lowest BCUT2D eigenvalue weighted by molar-refractivity contribution is 0.0480. The lowest BCUT2D eigenvalue weighted by Crippen LogP contribution is -2.14. The number of benzene rings is 2. The summed E-state index contributed by atoms with van der Waals surface area (Å²) in [6.07, 6.45) is 0. The summed E-state index contributed by atoms with van der Waals surface area (Å²) in [5.41, 5.74) is 3.24. The lowest BCUT2D eigenvalue weighted by atomic mass is 10.1. The van der Waals surface area contributed by atoms with Gasteiger partial charge in [-0.05, 0) is 36.1 Å². The Kier molecular flexibility index (Phi) is 5.31. The molecule has 0 N–H and O–H groups in total. The van der Waals surface area contributed by atoms with Crippen LogP contribution in [0.3, 0.4) is 0 Å². The zero-order valence-corrected chi connectivity index (χ0v) is 15.1. The number of ether oxygens (including phenoxy) is 1. The number of halogens is 1. The fourth-order valence-corrected chi connectivity index (χ4v) is 3.44. The molecule has 0 saturated carbocycles. The number of ketones is 1. The van der Waals surface area contributed by atoms with Crippen molar-refractivity contribution in [1.29, 1.82) is 0 Å². The molecule has 0 saturated heterocycles. The number of esters is 1. The van der Waals surface area contributed by atoms with Crippen molar-refractivity contribution in [2.24, 2.45) is 0 Å². The molecule has 2 aromatic carbocycles. The molecule has 0 radical (unpaired) electrons. The number of hydrogen-bond donors (Lipinski definition) is 0. The normalized spacial score (nSPS) is 10.5. The van der Waals surface area contributed by atoms with Gasteiger partial charge in [-0.2, -0.15) is 0 Å². The SMILES string of the molecule is Cc1ccc(-c2ccsc2C(=O)OCC(=O)c2ccccc2Cl)cc1. The first-order valence-electron chi connectivity index (χ1n) is 7.65. The van der Waals surface area contributed by atoms with Crippen LogP contribution in [0, 0.1) is 6.92 Å². The van der Waals surface area contributed by atoms with E-state index in [9.17, 15) is 9.59 Å². The second-order valence-corrected chi connectivity index (χ2v) is 6.83. The minimum Gasteiger partial charge on any atom is -0.453 e. The van der Waals surface area contributed by atoms with E-state index in [0.717, 1.165) is 16.7 Å². The Balaban J connectivity index is 1.73. The van der Waals surface area contributed by atoms with Gasteiger partial charge in [0.1, 0.15) is 4.88 Å². The summed E-state index contributed by atoms with van der Waals surface area (Å²) in [6, 6.07) is 16.5. The summed E-state index contributed by atoms with van der Waals surface area (Å²) >= 11 is 7.29. The van der Waals surface area contributed by atoms with E-state index in [1.165, 1.54) is 11.3 Å². The van der Waals surface area contributed by atoms with E-state index in [1.54, 1.807) is 24.3 Å². The predicted molar refractivity (Wildman–Crippen MR) is 101 cm³/mol. The molecule has 3 nitrogen and oxygen atoms in total. The van der Waals surface area contributed by atoms with Gasteiger partial charge in [0.2, 0.25) is 5.78 Å². The van der Waals surface area contributed by atoms with Crippen molar-refractivity contribution < 1.29 is 14.3 Å². The van der Waals surface area contributed by atoms with E-state index in [-0.39, 0.29) is 12.4 Å². The van der Waals surface area contributed by atoms with Crippen LogP contribution in [0.2, 0.25) is 5.02 Å². The molecule has 0 aliphatic rings. The zero-order chi connectivity index (χ0) is 17.8. The van der Waals surface area contributed by atoms with Crippen molar-refractivity contribution in [2.45, 2.75) is 6.92 Å². The number of aryl methyl sites for hydroxylation is 1. The Bertz CT molecular complexity index is 913. The second-order valence-electron chi connectivity index (χ2n) is 5.51. The van der Waals surface area contributed by atoms with Crippen molar-refractivity contribution in [3.8, 4) is 11.1 Å². The highest BCUT2D eigenvalue weighted by atomic mass is 35.5. The zero-order valence-electron chi connectivity index (χ0n) is 13.5. The van der Waals surface area contributed by atoms with Crippen molar-refractivity contribution in [3.63, 3.8) is 0 Å². The van der Waals surface area contributed by atoms with Gasteiger partial charge < -0.3 is 4.74 Å². The number of carbonyl (C=O) groups is 2. The van der Waals surface area contributed by atoms with E-state index >= 15 is 0 Å². The number of thiophene rings is 1. The highest BCUT2D eigenvalue weighted by Crippen LogP contribution is 2.29. The van der Waals surface area contributed by atoms with Gasteiger partial charge in [-0.3, -0.25) is 4.79 Å². The number of Topliss-reactive ketones (excluding diaryl/α,β-unsaturated/α-hetero) is 1. The van der Waals surface area contributed by atoms with Crippen LogP contribution >= 0.6 is 22.9 Å². The van der Waals surface area contributed by atoms with Crippen LogP contribution in [0.1, 0.15) is 25.6 Å². The fraction of sp³-hybridized carbons (Fsp3) is 0.100. The van der Waals surface area contributed by atoms with Crippen LogP contribution in [0.5, 0.6) is 0 Å². The molecule has 126 valence electrons. The molecule has 0 amide bonds. The minimum absolute atomic E-state index is 0.326. The van der Waals surface area contributed by atoms with Gasteiger partial charge in [0.25, 0.3) is 0 Å². The summed E-state index contributed by atoms with van der Waals surface area (Å²) < 4.78 is 5.21. The quantitative estimate of drug-likeness (QED) is 0.445. The van der Waals surface area contributed by atoms with Crippen molar-refractivity contribution in [2.75, 3.05) is 6.61 Å². The first-order chi connectivity index (χ1) is 12.1. The molecule has 5 heteroatoms. The molecule has 0 bridgehead atoms. The van der Waals surface area contributed by atoms with Crippen LogP contribution in [0.15, 0.2) is 60.0 Å². The lowest BCUT2D eigenvalue weighted by Gasteiger charge is -2.07. The smallest absolute Gasteiger partial charge is 0.349 e. The molecule has 1 heterocycles. The molecular weight excluding hydrogens is 356 g/mol. The molecule has 25 heavy (non-hydrogen) atoms. The molecular formula is C20H15ClO3S. The van der Waals surface area contributed by atoms with E-state index in [0.29, 0.717) is 15.5 Å².